The molecule has 35 heavy (non-hydrogen) atoms. The normalized spacial score (nSPS) is 11.4. The summed E-state index contributed by atoms with van der Waals surface area (Å²) in [7, 11) is 0. The molecule has 2 aromatic carbocycles. The van der Waals surface area contributed by atoms with Crippen molar-refractivity contribution >= 4 is 22.2 Å². The van der Waals surface area contributed by atoms with Crippen molar-refractivity contribution in [3.05, 3.63) is 84.8 Å². The molecule has 0 saturated heterocycles. The number of carbonyl (C=O) groups excluding carboxylic acids is 1. The molecule has 0 bridgehead atoms. The Morgan fingerprint density at radius 2 is 1.60 bits per heavy atom. The summed E-state index contributed by atoms with van der Waals surface area (Å²) in [6, 6.07) is 23.8. The molecule has 0 unspecified atom stereocenters. The van der Waals surface area contributed by atoms with Gasteiger partial charge in [-0.1, -0.05) is 52.0 Å². The van der Waals surface area contributed by atoms with Crippen LogP contribution in [-0.2, 0) is 24.9 Å². The van der Waals surface area contributed by atoms with Gasteiger partial charge in [0.25, 0.3) is 0 Å². The molecule has 2 heterocycles. The van der Waals surface area contributed by atoms with Crippen molar-refractivity contribution in [2.45, 2.75) is 53.4 Å². The van der Waals surface area contributed by atoms with Crippen LogP contribution in [-0.4, -0.2) is 20.3 Å². The van der Waals surface area contributed by atoms with E-state index in [1.807, 2.05) is 58.2 Å². The minimum absolute atomic E-state index is 0. The molecule has 0 aliphatic carbocycles. The van der Waals surface area contributed by atoms with Gasteiger partial charge >= 0.3 is 0 Å². The molecule has 1 N–H and O–H groups in total. The minimum atomic E-state index is 0. The Bertz CT molecular complexity index is 1240. The van der Waals surface area contributed by atoms with Crippen molar-refractivity contribution in [2.75, 3.05) is 0 Å². The zero-order valence-corrected chi connectivity index (χ0v) is 23.4. The third-order valence-electron chi connectivity index (χ3n) is 6.43. The van der Waals surface area contributed by atoms with Gasteiger partial charge in [0, 0.05) is 49.7 Å². The van der Waals surface area contributed by atoms with Gasteiger partial charge < -0.3 is 9.51 Å². The molecule has 187 valence electrons. The number of fused-ring (bicyclic) bond motifs is 3. The number of imidazole rings is 1. The minimum Gasteiger partial charge on any atom is -0.512 e. The molecule has 4 aromatic rings. The molecule has 1 radical (unpaired) electrons. The van der Waals surface area contributed by atoms with Crippen molar-refractivity contribution < 1.29 is 30.0 Å². The summed E-state index contributed by atoms with van der Waals surface area (Å²) in [6.45, 7) is 8.07. The standard InChI is InChI=1S/C17H11N2.C13H24O2.Ir/c1-2-7-14(8-3-1)17-18-12-15-11-10-13-6-4-5-9-16(13)19(15)17;1-5-10(6-2)12(14)9-13(15)11(7-3)8-4;/h1-7,9-12H;9-11,14H,5-8H2,1-4H3;/q-1;;/b;12-9-;. The Kier molecular flexibility index (Phi) is 11.4. The van der Waals surface area contributed by atoms with E-state index < -0.39 is 0 Å². The number of aliphatic hydroxyl groups is 1. The third-order valence-corrected chi connectivity index (χ3v) is 6.43. The first-order valence-electron chi connectivity index (χ1n) is 12.3. The topological polar surface area (TPSA) is 54.6 Å². The van der Waals surface area contributed by atoms with Crippen molar-refractivity contribution in [3.63, 3.8) is 0 Å². The zero-order valence-electron chi connectivity index (χ0n) is 21.0. The summed E-state index contributed by atoms with van der Waals surface area (Å²) in [5.74, 6) is 1.48. The van der Waals surface area contributed by atoms with Crippen LogP contribution in [0.25, 0.3) is 27.8 Å². The number of allylic oxidation sites excluding steroid dienone is 2. The van der Waals surface area contributed by atoms with Crippen LogP contribution in [0.3, 0.4) is 0 Å². The summed E-state index contributed by atoms with van der Waals surface area (Å²) in [4.78, 5) is 16.3. The molecule has 0 aliphatic rings. The number of aromatic nitrogens is 2. The van der Waals surface area contributed by atoms with Gasteiger partial charge in [0.15, 0.2) is 5.78 Å². The summed E-state index contributed by atoms with van der Waals surface area (Å²) in [6.07, 6.45) is 6.81. The summed E-state index contributed by atoms with van der Waals surface area (Å²) >= 11 is 0. The zero-order chi connectivity index (χ0) is 24.5. The predicted octanol–water partition coefficient (Wildman–Crippen LogP) is 7.82. The molecular formula is C30H35IrN2O2-. The van der Waals surface area contributed by atoms with Crippen LogP contribution in [0.15, 0.2) is 78.7 Å². The van der Waals surface area contributed by atoms with Crippen LogP contribution in [0.5, 0.6) is 0 Å². The van der Waals surface area contributed by atoms with Crippen molar-refractivity contribution in [1.29, 1.82) is 0 Å². The average Bonchev–Trinajstić information content (AvgIpc) is 3.31. The number of nitrogens with zero attached hydrogens (tertiary/aromatic N) is 2. The van der Waals surface area contributed by atoms with Gasteiger partial charge in [-0.15, -0.1) is 35.9 Å². The van der Waals surface area contributed by atoms with Crippen molar-refractivity contribution in [1.82, 2.24) is 9.38 Å². The Morgan fingerprint density at radius 1 is 0.943 bits per heavy atom. The molecule has 0 aliphatic heterocycles. The van der Waals surface area contributed by atoms with E-state index in [-0.39, 0.29) is 43.5 Å². The molecule has 4 nitrogen and oxygen atoms in total. The number of hydrogen-bond donors (Lipinski definition) is 1. The summed E-state index contributed by atoms with van der Waals surface area (Å²) in [5.41, 5.74) is 3.29. The molecule has 2 aromatic heterocycles. The van der Waals surface area contributed by atoms with E-state index in [2.05, 4.69) is 51.8 Å². The van der Waals surface area contributed by atoms with Crippen LogP contribution in [0.4, 0.5) is 0 Å². The number of hydrogen-bond acceptors (Lipinski definition) is 3. The maximum Gasteiger partial charge on any atom is 0.162 e. The molecular weight excluding hydrogens is 613 g/mol. The number of para-hydroxylation sites is 1. The fourth-order valence-electron chi connectivity index (χ4n) is 4.24. The number of aliphatic hydroxyl groups excluding tert-OH is 1. The summed E-state index contributed by atoms with van der Waals surface area (Å²) in [5, 5.41) is 11.0. The van der Waals surface area contributed by atoms with Gasteiger partial charge in [-0.05, 0) is 43.2 Å². The molecule has 0 amide bonds. The van der Waals surface area contributed by atoms with Gasteiger partial charge in [0.05, 0.1) is 17.1 Å². The number of ketones is 1. The van der Waals surface area contributed by atoms with E-state index in [4.69, 9.17) is 0 Å². The Labute approximate surface area is 222 Å². The maximum atomic E-state index is 11.7. The number of rotatable bonds is 8. The predicted molar refractivity (Wildman–Crippen MR) is 141 cm³/mol. The van der Waals surface area contributed by atoms with Gasteiger partial charge in [0.1, 0.15) is 0 Å². The molecule has 0 atom stereocenters. The van der Waals surface area contributed by atoms with E-state index in [1.165, 1.54) is 17.0 Å². The molecule has 0 fully saturated rings. The van der Waals surface area contributed by atoms with Gasteiger partial charge in [-0.25, -0.2) is 0 Å². The summed E-state index contributed by atoms with van der Waals surface area (Å²) < 4.78 is 2.18. The Hall–Kier alpha value is -2.75. The van der Waals surface area contributed by atoms with Crippen LogP contribution in [0.1, 0.15) is 53.4 Å². The monoisotopic (exact) mass is 648 g/mol. The Balaban J connectivity index is 0.000000249. The van der Waals surface area contributed by atoms with Crippen molar-refractivity contribution in [2.24, 2.45) is 11.8 Å². The maximum absolute atomic E-state index is 11.7. The number of pyridine rings is 1. The fourth-order valence-corrected chi connectivity index (χ4v) is 4.24. The first-order valence-corrected chi connectivity index (χ1v) is 12.3. The first kappa shape index (κ1) is 28.5. The van der Waals surface area contributed by atoms with Crippen LogP contribution in [0, 0.1) is 17.9 Å². The van der Waals surface area contributed by atoms with E-state index >= 15 is 0 Å². The number of carbonyl (C=O) groups is 1. The second-order valence-electron chi connectivity index (χ2n) is 8.51. The second-order valence-corrected chi connectivity index (χ2v) is 8.51. The molecule has 4 rings (SSSR count). The van der Waals surface area contributed by atoms with Crippen LogP contribution in [0.2, 0.25) is 0 Å². The van der Waals surface area contributed by atoms with E-state index in [0.29, 0.717) is 0 Å². The molecule has 0 spiro atoms. The fraction of sp³-hybridized carbons (Fsp3) is 0.333. The van der Waals surface area contributed by atoms with Crippen molar-refractivity contribution in [3.8, 4) is 11.4 Å². The van der Waals surface area contributed by atoms with E-state index in [1.54, 1.807) is 0 Å². The van der Waals surface area contributed by atoms with E-state index in [0.717, 1.165) is 42.6 Å². The van der Waals surface area contributed by atoms with Crippen LogP contribution < -0.4 is 0 Å². The van der Waals surface area contributed by atoms with Gasteiger partial charge in [-0.2, -0.15) is 0 Å². The quantitative estimate of drug-likeness (QED) is 0.121. The van der Waals surface area contributed by atoms with Gasteiger partial charge in [0.2, 0.25) is 0 Å². The molecule has 5 heteroatoms. The van der Waals surface area contributed by atoms with Crippen LogP contribution >= 0.6 is 0 Å². The first-order chi connectivity index (χ1) is 16.5. The third kappa shape index (κ3) is 6.90. The Morgan fingerprint density at radius 3 is 2.23 bits per heavy atom. The average molecular weight is 648 g/mol. The van der Waals surface area contributed by atoms with Gasteiger partial charge in [-0.3, -0.25) is 9.78 Å². The SMILES string of the molecule is CCC(CC)C(=O)/C=C(\O)C(CC)CC.[Ir].[c-]1ccccc1-c1ncc2ccc3ccccc3n12. The molecule has 0 saturated carbocycles. The second kappa shape index (κ2) is 14.0. The van der Waals surface area contributed by atoms with E-state index in [9.17, 15) is 9.90 Å². The number of benzene rings is 2. The smallest absolute Gasteiger partial charge is 0.162 e. The largest absolute Gasteiger partial charge is 0.512 e.